The molecule has 90 valence electrons. The molecule has 2 aliphatic carbocycles. The Morgan fingerprint density at radius 3 is 2.75 bits per heavy atom. The second-order valence-electron chi connectivity index (χ2n) is 5.93. The molecule has 0 spiro atoms. The van der Waals surface area contributed by atoms with E-state index in [1.165, 1.54) is 45.1 Å². The van der Waals surface area contributed by atoms with Crippen LogP contribution in [0.15, 0.2) is 0 Å². The van der Waals surface area contributed by atoms with Crippen LogP contribution in [0.2, 0.25) is 0 Å². The number of rotatable bonds is 1. The van der Waals surface area contributed by atoms with Gasteiger partial charge in [0.2, 0.25) is 0 Å². The summed E-state index contributed by atoms with van der Waals surface area (Å²) in [6.07, 6.45) is 11.2. The van der Waals surface area contributed by atoms with Gasteiger partial charge in [0.25, 0.3) is 0 Å². The molecule has 3 fully saturated rings. The maximum absolute atomic E-state index is 11.6. The zero-order valence-corrected chi connectivity index (χ0v) is 10.2. The fourth-order valence-corrected chi connectivity index (χ4v) is 4.23. The van der Waals surface area contributed by atoms with Crippen molar-refractivity contribution in [1.82, 2.24) is 4.90 Å². The molecule has 0 aromatic carbocycles. The first-order valence-corrected chi connectivity index (χ1v) is 7.12. The van der Waals surface area contributed by atoms with E-state index in [1.807, 2.05) is 0 Å². The van der Waals surface area contributed by atoms with Gasteiger partial charge in [0.05, 0.1) is 0 Å². The minimum absolute atomic E-state index is 0.511. The lowest BCUT2D eigenvalue weighted by molar-refractivity contribution is -0.122. The van der Waals surface area contributed by atoms with E-state index in [4.69, 9.17) is 0 Å². The number of hydrogen-bond donors (Lipinski definition) is 0. The predicted molar refractivity (Wildman–Crippen MR) is 64.3 cm³/mol. The summed E-state index contributed by atoms with van der Waals surface area (Å²) in [5, 5.41) is 0. The summed E-state index contributed by atoms with van der Waals surface area (Å²) in [6, 6.07) is 1.44. The van der Waals surface area contributed by atoms with E-state index in [0.29, 0.717) is 11.8 Å². The third kappa shape index (κ3) is 1.92. The molecule has 16 heavy (non-hydrogen) atoms. The SMILES string of the molecule is O=C1CCCC(N2CCCC3CCCC32)C1. The van der Waals surface area contributed by atoms with Gasteiger partial charge in [-0.3, -0.25) is 9.69 Å². The average Bonchev–Trinajstić information content (AvgIpc) is 2.76. The third-order valence-electron chi connectivity index (χ3n) is 4.96. The van der Waals surface area contributed by atoms with Crippen LogP contribution >= 0.6 is 0 Å². The monoisotopic (exact) mass is 221 g/mol. The Bertz CT molecular complexity index is 276. The van der Waals surface area contributed by atoms with E-state index in [9.17, 15) is 4.79 Å². The molecule has 1 saturated heterocycles. The Morgan fingerprint density at radius 2 is 1.88 bits per heavy atom. The van der Waals surface area contributed by atoms with E-state index < -0.39 is 0 Å². The number of carbonyl (C=O) groups is 1. The fraction of sp³-hybridized carbons (Fsp3) is 0.929. The van der Waals surface area contributed by atoms with Gasteiger partial charge in [-0.25, -0.2) is 0 Å². The standard InChI is InChI=1S/C14H23NO/c16-13-7-2-6-12(10-13)15-9-3-5-11-4-1-8-14(11)15/h11-12,14H,1-10H2. The average molecular weight is 221 g/mol. The van der Waals surface area contributed by atoms with Crippen molar-refractivity contribution in [2.45, 2.75) is 69.9 Å². The normalized spacial score (nSPS) is 41.0. The molecule has 0 N–H and O–H groups in total. The quantitative estimate of drug-likeness (QED) is 0.678. The van der Waals surface area contributed by atoms with Crippen LogP contribution in [0.4, 0.5) is 0 Å². The zero-order chi connectivity index (χ0) is 11.0. The van der Waals surface area contributed by atoms with E-state index in [0.717, 1.165) is 31.2 Å². The van der Waals surface area contributed by atoms with Gasteiger partial charge in [-0.15, -0.1) is 0 Å². The topological polar surface area (TPSA) is 20.3 Å². The molecule has 3 atom stereocenters. The molecule has 1 aliphatic heterocycles. The molecule has 0 amide bonds. The van der Waals surface area contributed by atoms with Crippen LogP contribution in [0, 0.1) is 5.92 Å². The van der Waals surface area contributed by atoms with Crippen molar-refractivity contribution in [1.29, 1.82) is 0 Å². The van der Waals surface area contributed by atoms with Gasteiger partial charge >= 0.3 is 0 Å². The van der Waals surface area contributed by atoms with Crippen LogP contribution in [0.25, 0.3) is 0 Å². The molecule has 1 heterocycles. The number of carbonyl (C=O) groups excluding carboxylic acids is 1. The Labute approximate surface area is 98.4 Å². The van der Waals surface area contributed by atoms with Crippen LogP contribution in [0.1, 0.15) is 57.8 Å². The summed E-state index contributed by atoms with van der Waals surface area (Å²) in [6.45, 7) is 1.26. The van der Waals surface area contributed by atoms with Gasteiger partial charge in [0.15, 0.2) is 0 Å². The van der Waals surface area contributed by atoms with Gasteiger partial charge in [-0.2, -0.15) is 0 Å². The zero-order valence-electron chi connectivity index (χ0n) is 10.2. The van der Waals surface area contributed by atoms with Crippen molar-refractivity contribution in [2.24, 2.45) is 5.92 Å². The number of nitrogens with zero attached hydrogens (tertiary/aromatic N) is 1. The van der Waals surface area contributed by atoms with Crippen molar-refractivity contribution in [3.63, 3.8) is 0 Å². The van der Waals surface area contributed by atoms with Crippen LogP contribution in [0.5, 0.6) is 0 Å². The number of ketones is 1. The van der Waals surface area contributed by atoms with E-state index in [-0.39, 0.29) is 0 Å². The summed E-state index contributed by atoms with van der Waals surface area (Å²) in [5.41, 5.74) is 0. The van der Waals surface area contributed by atoms with E-state index >= 15 is 0 Å². The van der Waals surface area contributed by atoms with Crippen LogP contribution in [-0.2, 0) is 4.79 Å². The maximum Gasteiger partial charge on any atom is 0.134 e. The molecule has 0 radical (unpaired) electrons. The Morgan fingerprint density at radius 1 is 1.00 bits per heavy atom. The van der Waals surface area contributed by atoms with Crippen molar-refractivity contribution in [3.8, 4) is 0 Å². The van der Waals surface area contributed by atoms with E-state index in [2.05, 4.69) is 4.90 Å². The smallest absolute Gasteiger partial charge is 0.134 e. The molecule has 3 rings (SSSR count). The highest BCUT2D eigenvalue weighted by atomic mass is 16.1. The second-order valence-corrected chi connectivity index (χ2v) is 5.93. The minimum Gasteiger partial charge on any atom is -0.300 e. The first-order valence-electron chi connectivity index (χ1n) is 7.12. The number of piperidine rings is 1. The molecule has 2 nitrogen and oxygen atoms in total. The Balaban J connectivity index is 1.70. The molecule has 0 aromatic heterocycles. The third-order valence-corrected chi connectivity index (χ3v) is 4.96. The van der Waals surface area contributed by atoms with Gasteiger partial charge in [0, 0.05) is 24.9 Å². The molecular weight excluding hydrogens is 198 g/mol. The van der Waals surface area contributed by atoms with Gasteiger partial charge in [0.1, 0.15) is 5.78 Å². The van der Waals surface area contributed by atoms with E-state index in [1.54, 1.807) is 0 Å². The minimum atomic E-state index is 0.511. The Hall–Kier alpha value is -0.370. The summed E-state index contributed by atoms with van der Waals surface area (Å²) in [5.74, 6) is 1.47. The largest absolute Gasteiger partial charge is 0.300 e. The van der Waals surface area contributed by atoms with Crippen LogP contribution in [-0.4, -0.2) is 29.3 Å². The number of fused-ring (bicyclic) bond motifs is 1. The van der Waals surface area contributed by atoms with Crippen LogP contribution in [0.3, 0.4) is 0 Å². The molecule has 3 unspecified atom stereocenters. The first-order chi connectivity index (χ1) is 7.84. The van der Waals surface area contributed by atoms with Crippen molar-refractivity contribution < 1.29 is 4.79 Å². The highest BCUT2D eigenvalue weighted by Crippen LogP contribution is 2.39. The highest BCUT2D eigenvalue weighted by molar-refractivity contribution is 5.79. The van der Waals surface area contributed by atoms with Crippen molar-refractivity contribution >= 4 is 5.78 Å². The summed E-state index contributed by atoms with van der Waals surface area (Å²) in [7, 11) is 0. The number of hydrogen-bond acceptors (Lipinski definition) is 2. The molecule has 3 aliphatic rings. The fourth-order valence-electron chi connectivity index (χ4n) is 4.23. The van der Waals surface area contributed by atoms with Crippen LogP contribution < -0.4 is 0 Å². The maximum atomic E-state index is 11.6. The molecule has 2 saturated carbocycles. The molecule has 2 heteroatoms. The summed E-state index contributed by atoms with van der Waals surface area (Å²) >= 11 is 0. The van der Waals surface area contributed by atoms with Gasteiger partial charge in [-0.1, -0.05) is 6.42 Å². The lowest BCUT2D eigenvalue weighted by Crippen LogP contribution is -2.50. The predicted octanol–water partition coefficient (Wildman–Crippen LogP) is 2.76. The highest BCUT2D eigenvalue weighted by Gasteiger charge is 2.39. The summed E-state index contributed by atoms with van der Waals surface area (Å²) in [4.78, 5) is 14.3. The van der Waals surface area contributed by atoms with Crippen molar-refractivity contribution in [2.75, 3.05) is 6.54 Å². The molecule has 0 aromatic rings. The van der Waals surface area contributed by atoms with Gasteiger partial charge in [-0.05, 0) is 51.0 Å². The second kappa shape index (κ2) is 4.48. The molecule has 0 bridgehead atoms. The first kappa shape index (κ1) is 10.8. The summed E-state index contributed by atoms with van der Waals surface area (Å²) < 4.78 is 0. The molecular formula is C14H23NO. The lowest BCUT2D eigenvalue weighted by Gasteiger charge is -2.43. The lowest BCUT2D eigenvalue weighted by atomic mass is 9.86. The Kier molecular flexibility index (Phi) is 3.01. The number of likely N-dealkylation sites (tertiary alicyclic amines) is 1. The van der Waals surface area contributed by atoms with Gasteiger partial charge < -0.3 is 0 Å². The number of Topliss-reactive ketones (excluding diaryl/α,β-unsaturated/α-hetero) is 1. The van der Waals surface area contributed by atoms with Crippen molar-refractivity contribution in [3.05, 3.63) is 0 Å².